The van der Waals surface area contributed by atoms with Gasteiger partial charge in [0.05, 0.1) is 0 Å². The second-order valence-corrected chi connectivity index (χ2v) is 5.27. The van der Waals surface area contributed by atoms with Crippen molar-refractivity contribution in [2.24, 2.45) is 0 Å². The van der Waals surface area contributed by atoms with Crippen LogP contribution >= 0.6 is 11.6 Å². The number of halogens is 1. The van der Waals surface area contributed by atoms with Gasteiger partial charge >= 0.3 is 0 Å². The maximum atomic E-state index is 9.87. The highest BCUT2D eigenvalue weighted by atomic mass is 35.5. The first-order chi connectivity index (χ1) is 8.70. The Kier molecular flexibility index (Phi) is 4.87. The summed E-state index contributed by atoms with van der Waals surface area (Å²) in [5.41, 5.74) is 0.832. The van der Waals surface area contributed by atoms with Crippen molar-refractivity contribution in [3.05, 3.63) is 28.8 Å². The summed E-state index contributed by atoms with van der Waals surface area (Å²) in [6.07, 6.45) is 2.50. The number of rotatable bonds is 5. The van der Waals surface area contributed by atoms with Crippen molar-refractivity contribution in [3.8, 4) is 5.75 Å². The molecule has 1 atom stereocenters. The van der Waals surface area contributed by atoms with E-state index in [2.05, 4.69) is 17.1 Å². The Morgan fingerprint density at radius 3 is 2.94 bits per heavy atom. The molecule has 2 N–H and O–H groups in total. The van der Waals surface area contributed by atoms with Crippen LogP contribution in [0.25, 0.3) is 0 Å². The van der Waals surface area contributed by atoms with Gasteiger partial charge in [0.25, 0.3) is 0 Å². The number of nitrogens with zero attached hydrogens (tertiary/aromatic N) is 1. The number of phenolic OH excluding ortho intramolecular Hbond substituents is 1. The van der Waals surface area contributed by atoms with Crippen molar-refractivity contribution in [3.63, 3.8) is 0 Å². The number of aromatic hydroxyl groups is 1. The first kappa shape index (κ1) is 13.7. The Bertz CT molecular complexity index is 371. The van der Waals surface area contributed by atoms with Crippen LogP contribution < -0.4 is 5.32 Å². The third-order valence-electron chi connectivity index (χ3n) is 3.56. The van der Waals surface area contributed by atoms with E-state index in [0.29, 0.717) is 23.4 Å². The van der Waals surface area contributed by atoms with E-state index in [9.17, 15) is 5.11 Å². The lowest BCUT2D eigenvalue weighted by atomic mass is 10.1. The number of phenols is 1. The Morgan fingerprint density at radius 2 is 2.33 bits per heavy atom. The van der Waals surface area contributed by atoms with Gasteiger partial charge in [-0.15, -0.1) is 0 Å². The first-order valence-corrected chi connectivity index (χ1v) is 7.00. The molecule has 1 fully saturated rings. The van der Waals surface area contributed by atoms with Crippen molar-refractivity contribution < 1.29 is 5.11 Å². The molecule has 2 rings (SSSR count). The van der Waals surface area contributed by atoms with Gasteiger partial charge in [-0.1, -0.05) is 24.6 Å². The first-order valence-electron chi connectivity index (χ1n) is 6.62. The SMILES string of the molecule is CCN(Cc1c(O)cccc1Cl)CC1CCCN1. The lowest BCUT2D eigenvalue weighted by Gasteiger charge is -2.25. The molecule has 100 valence electrons. The average molecular weight is 269 g/mol. The molecule has 1 aromatic rings. The molecule has 1 unspecified atom stereocenters. The molecule has 0 saturated carbocycles. The summed E-state index contributed by atoms with van der Waals surface area (Å²) in [4.78, 5) is 2.32. The maximum Gasteiger partial charge on any atom is 0.121 e. The lowest BCUT2D eigenvalue weighted by molar-refractivity contribution is 0.250. The van der Waals surface area contributed by atoms with Crippen LogP contribution in [0.15, 0.2) is 18.2 Å². The molecule has 1 aliphatic heterocycles. The van der Waals surface area contributed by atoms with E-state index in [1.54, 1.807) is 12.1 Å². The molecule has 0 amide bonds. The van der Waals surface area contributed by atoms with Crippen LogP contribution in [-0.4, -0.2) is 35.7 Å². The summed E-state index contributed by atoms with van der Waals surface area (Å²) in [7, 11) is 0. The quantitative estimate of drug-likeness (QED) is 0.862. The fraction of sp³-hybridized carbons (Fsp3) is 0.571. The zero-order valence-electron chi connectivity index (χ0n) is 10.8. The minimum Gasteiger partial charge on any atom is -0.508 e. The third-order valence-corrected chi connectivity index (χ3v) is 3.92. The molecule has 1 heterocycles. The summed E-state index contributed by atoms with van der Waals surface area (Å²) in [6.45, 7) is 5.95. The minimum absolute atomic E-state index is 0.292. The van der Waals surface area contributed by atoms with E-state index in [4.69, 9.17) is 11.6 Å². The largest absolute Gasteiger partial charge is 0.508 e. The molecular weight excluding hydrogens is 248 g/mol. The molecule has 1 saturated heterocycles. The molecule has 0 radical (unpaired) electrons. The van der Waals surface area contributed by atoms with E-state index in [-0.39, 0.29) is 0 Å². The Hall–Kier alpha value is -0.770. The summed E-state index contributed by atoms with van der Waals surface area (Å²) in [5, 5.41) is 14.0. The van der Waals surface area contributed by atoms with Crippen LogP contribution in [0.1, 0.15) is 25.3 Å². The van der Waals surface area contributed by atoms with Crippen molar-refractivity contribution in [2.45, 2.75) is 32.4 Å². The van der Waals surface area contributed by atoms with Crippen molar-refractivity contribution in [1.29, 1.82) is 0 Å². The zero-order valence-corrected chi connectivity index (χ0v) is 11.6. The van der Waals surface area contributed by atoms with Crippen molar-refractivity contribution >= 4 is 11.6 Å². The second-order valence-electron chi connectivity index (χ2n) is 4.86. The van der Waals surface area contributed by atoms with Gasteiger partial charge in [0.15, 0.2) is 0 Å². The van der Waals surface area contributed by atoms with Crippen LogP contribution in [0.4, 0.5) is 0 Å². The van der Waals surface area contributed by atoms with Gasteiger partial charge in [0.1, 0.15) is 5.75 Å². The van der Waals surface area contributed by atoms with Crippen molar-refractivity contribution in [2.75, 3.05) is 19.6 Å². The minimum atomic E-state index is 0.292. The van der Waals surface area contributed by atoms with Gasteiger partial charge < -0.3 is 10.4 Å². The fourth-order valence-corrected chi connectivity index (χ4v) is 2.69. The number of nitrogens with one attached hydrogen (secondary N) is 1. The van der Waals surface area contributed by atoms with Gasteiger partial charge in [0.2, 0.25) is 0 Å². The van der Waals surface area contributed by atoms with E-state index >= 15 is 0 Å². The molecule has 0 aromatic heterocycles. The van der Waals surface area contributed by atoms with Gasteiger partial charge in [-0.05, 0) is 38.1 Å². The standard InChI is InChI=1S/C14H21ClN2O/c1-2-17(9-11-5-4-8-16-11)10-12-13(15)6-3-7-14(12)18/h3,6-7,11,16,18H,2,4-5,8-10H2,1H3. The predicted octanol–water partition coefficient (Wildman–Crippen LogP) is 2.62. The summed E-state index contributed by atoms with van der Waals surface area (Å²) in [5.74, 6) is 0.292. The monoisotopic (exact) mass is 268 g/mol. The maximum absolute atomic E-state index is 9.87. The van der Waals surface area contributed by atoms with E-state index in [1.165, 1.54) is 12.8 Å². The van der Waals surface area contributed by atoms with Gasteiger partial charge in [0, 0.05) is 29.7 Å². The number of likely N-dealkylation sites (N-methyl/N-ethyl adjacent to an activating group) is 1. The molecular formula is C14H21ClN2O. The number of hydrogen-bond donors (Lipinski definition) is 2. The normalized spacial score (nSPS) is 19.6. The number of hydrogen-bond acceptors (Lipinski definition) is 3. The van der Waals surface area contributed by atoms with E-state index < -0.39 is 0 Å². The van der Waals surface area contributed by atoms with Crippen LogP contribution in [0.5, 0.6) is 5.75 Å². The summed E-state index contributed by atoms with van der Waals surface area (Å²) >= 11 is 6.14. The number of benzene rings is 1. The Morgan fingerprint density at radius 1 is 1.50 bits per heavy atom. The van der Waals surface area contributed by atoms with Crippen LogP contribution in [-0.2, 0) is 6.54 Å². The van der Waals surface area contributed by atoms with Gasteiger partial charge in [-0.3, -0.25) is 4.90 Å². The highest BCUT2D eigenvalue weighted by molar-refractivity contribution is 6.31. The lowest BCUT2D eigenvalue weighted by Crippen LogP contribution is -2.37. The zero-order chi connectivity index (χ0) is 13.0. The highest BCUT2D eigenvalue weighted by Crippen LogP contribution is 2.26. The molecule has 18 heavy (non-hydrogen) atoms. The topological polar surface area (TPSA) is 35.5 Å². The average Bonchev–Trinajstić information content (AvgIpc) is 2.85. The van der Waals surface area contributed by atoms with E-state index in [1.807, 2.05) is 6.07 Å². The van der Waals surface area contributed by atoms with Crippen LogP contribution in [0.3, 0.4) is 0 Å². The molecule has 0 aliphatic carbocycles. The fourth-order valence-electron chi connectivity index (χ4n) is 2.46. The molecule has 0 spiro atoms. The summed E-state index contributed by atoms with van der Waals surface area (Å²) in [6, 6.07) is 5.88. The Labute approximate surface area is 114 Å². The molecule has 3 nitrogen and oxygen atoms in total. The van der Waals surface area contributed by atoms with Crippen LogP contribution in [0.2, 0.25) is 5.02 Å². The predicted molar refractivity (Wildman–Crippen MR) is 75.1 cm³/mol. The van der Waals surface area contributed by atoms with Gasteiger partial charge in [-0.25, -0.2) is 0 Å². The Balaban J connectivity index is 2.00. The van der Waals surface area contributed by atoms with Crippen LogP contribution in [0, 0.1) is 0 Å². The van der Waals surface area contributed by atoms with Gasteiger partial charge in [-0.2, -0.15) is 0 Å². The molecule has 4 heteroatoms. The molecule has 1 aliphatic rings. The summed E-state index contributed by atoms with van der Waals surface area (Å²) < 4.78 is 0. The third kappa shape index (κ3) is 3.37. The second kappa shape index (κ2) is 6.41. The van der Waals surface area contributed by atoms with Crippen molar-refractivity contribution in [1.82, 2.24) is 10.2 Å². The van der Waals surface area contributed by atoms with E-state index in [0.717, 1.165) is 25.2 Å². The molecule has 0 bridgehead atoms. The highest BCUT2D eigenvalue weighted by Gasteiger charge is 2.18. The molecule has 1 aromatic carbocycles. The smallest absolute Gasteiger partial charge is 0.121 e.